The Morgan fingerprint density at radius 3 is 2.58 bits per heavy atom. The van der Waals surface area contributed by atoms with Crippen LogP contribution in [0.3, 0.4) is 0 Å². The van der Waals surface area contributed by atoms with Gasteiger partial charge in [0, 0.05) is 42.4 Å². The van der Waals surface area contributed by atoms with E-state index in [1.54, 1.807) is 5.57 Å². The van der Waals surface area contributed by atoms with Gasteiger partial charge >= 0.3 is 0 Å². The molecule has 2 fully saturated rings. The number of aryl methyl sites for hydroxylation is 1. The summed E-state index contributed by atoms with van der Waals surface area (Å²) in [6, 6.07) is 8.69. The zero-order valence-corrected chi connectivity index (χ0v) is 18.4. The van der Waals surface area contributed by atoms with Crippen LogP contribution in [0.2, 0.25) is 0 Å². The van der Waals surface area contributed by atoms with Crippen LogP contribution < -0.4 is 5.32 Å². The van der Waals surface area contributed by atoms with Crippen molar-refractivity contribution in [3.8, 4) is 11.3 Å². The Bertz CT molecular complexity index is 1120. The number of hydrogen-bond donors (Lipinski definition) is 2. The van der Waals surface area contributed by atoms with Crippen molar-refractivity contribution in [3.05, 3.63) is 53.8 Å². The normalized spacial score (nSPS) is 17.3. The summed E-state index contributed by atoms with van der Waals surface area (Å²) in [5.74, 6) is 2.50. The van der Waals surface area contributed by atoms with E-state index >= 15 is 0 Å². The number of piperidine rings is 1. The van der Waals surface area contributed by atoms with Gasteiger partial charge in [-0.15, -0.1) is 0 Å². The molecule has 6 heteroatoms. The van der Waals surface area contributed by atoms with Crippen molar-refractivity contribution >= 4 is 16.6 Å². The monoisotopic (exact) mass is 417 g/mol. The van der Waals surface area contributed by atoms with E-state index in [0.717, 1.165) is 55.2 Å². The number of likely N-dealkylation sites (tertiary alicyclic amines) is 1. The second kappa shape index (κ2) is 8.44. The Morgan fingerprint density at radius 2 is 1.90 bits per heavy atom. The number of aliphatic hydroxyl groups excluding tert-OH is 1. The third-order valence-corrected chi connectivity index (χ3v) is 6.79. The second-order valence-corrected chi connectivity index (χ2v) is 8.86. The molecule has 0 amide bonds. The van der Waals surface area contributed by atoms with Gasteiger partial charge in [-0.2, -0.15) is 0 Å². The molecular weight excluding hydrogens is 386 g/mol. The van der Waals surface area contributed by atoms with Crippen LogP contribution in [0.4, 0.5) is 5.82 Å². The molecule has 1 aliphatic carbocycles. The fraction of sp³-hybridized carbons (Fsp3) is 0.440. The predicted octanol–water partition coefficient (Wildman–Crippen LogP) is 4.11. The molecule has 3 heterocycles. The van der Waals surface area contributed by atoms with Gasteiger partial charge in [0.2, 0.25) is 0 Å². The number of rotatable bonds is 6. The highest BCUT2D eigenvalue weighted by Crippen LogP contribution is 2.38. The summed E-state index contributed by atoms with van der Waals surface area (Å²) in [7, 11) is 2.06. The lowest BCUT2D eigenvalue weighted by atomic mass is 9.92. The molecule has 1 saturated carbocycles. The molecule has 2 aromatic heterocycles. The maximum Gasteiger partial charge on any atom is 0.130 e. The third kappa shape index (κ3) is 4.23. The van der Waals surface area contributed by atoms with Gasteiger partial charge in [-0.1, -0.05) is 12.1 Å². The largest absolute Gasteiger partial charge is 0.395 e. The van der Waals surface area contributed by atoms with Crippen molar-refractivity contribution in [2.45, 2.75) is 32.6 Å². The first kappa shape index (κ1) is 20.2. The van der Waals surface area contributed by atoms with Crippen molar-refractivity contribution in [1.82, 2.24) is 19.4 Å². The van der Waals surface area contributed by atoms with Gasteiger partial charge in [0.1, 0.15) is 11.6 Å². The Hall–Kier alpha value is -2.70. The number of nitrogens with zero attached hydrogens (tertiary/aromatic N) is 4. The lowest BCUT2D eigenvalue weighted by molar-refractivity contribution is 0.156. The van der Waals surface area contributed by atoms with E-state index in [1.165, 1.54) is 29.5 Å². The summed E-state index contributed by atoms with van der Waals surface area (Å²) >= 11 is 0. The summed E-state index contributed by atoms with van der Waals surface area (Å²) < 4.78 is 2.13. The number of nitrogens with one attached hydrogen (secondary N) is 1. The van der Waals surface area contributed by atoms with Gasteiger partial charge in [0.15, 0.2) is 0 Å². The summed E-state index contributed by atoms with van der Waals surface area (Å²) in [5.41, 5.74) is 5.25. The lowest BCUT2D eigenvalue weighted by Crippen LogP contribution is -2.36. The fourth-order valence-corrected chi connectivity index (χ4v) is 4.67. The topological polar surface area (TPSA) is 66.2 Å². The Morgan fingerprint density at radius 1 is 1.10 bits per heavy atom. The second-order valence-electron chi connectivity index (χ2n) is 8.86. The van der Waals surface area contributed by atoms with E-state index in [4.69, 9.17) is 4.98 Å². The minimum Gasteiger partial charge on any atom is -0.395 e. The maximum absolute atomic E-state index is 9.21. The van der Waals surface area contributed by atoms with Crippen molar-refractivity contribution < 1.29 is 5.11 Å². The fourth-order valence-electron chi connectivity index (χ4n) is 4.67. The zero-order valence-electron chi connectivity index (χ0n) is 18.4. The average Bonchev–Trinajstić information content (AvgIpc) is 3.58. The number of aromatic nitrogens is 3. The van der Waals surface area contributed by atoms with E-state index in [0.29, 0.717) is 5.92 Å². The molecule has 2 aliphatic rings. The Balaban J connectivity index is 1.38. The lowest BCUT2D eigenvalue weighted by Gasteiger charge is -2.33. The van der Waals surface area contributed by atoms with Crippen molar-refractivity contribution in [3.63, 3.8) is 0 Å². The number of benzene rings is 1. The Labute approximate surface area is 183 Å². The molecule has 6 nitrogen and oxygen atoms in total. The number of allylic oxidation sites excluding steroid dienone is 2. The average molecular weight is 418 g/mol. The molecule has 1 aromatic carbocycles. The molecular formula is C25H31N5O. The van der Waals surface area contributed by atoms with Crippen LogP contribution in [0.15, 0.2) is 47.9 Å². The number of aliphatic hydroxyl groups is 1. The molecule has 162 valence electrons. The van der Waals surface area contributed by atoms with Crippen molar-refractivity contribution in [2.24, 2.45) is 13.0 Å². The van der Waals surface area contributed by atoms with Crippen molar-refractivity contribution in [2.75, 3.05) is 31.6 Å². The third-order valence-electron chi connectivity index (χ3n) is 6.79. The van der Waals surface area contributed by atoms with E-state index in [9.17, 15) is 5.11 Å². The van der Waals surface area contributed by atoms with Crippen LogP contribution >= 0.6 is 0 Å². The van der Waals surface area contributed by atoms with Crippen LogP contribution in [0.1, 0.15) is 31.5 Å². The van der Waals surface area contributed by atoms with E-state index in [2.05, 4.69) is 51.1 Å². The van der Waals surface area contributed by atoms with Crippen LogP contribution in [-0.2, 0) is 7.05 Å². The number of β-amino-alcohol motifs (C(OH)–C–C–N with tert-alkyl or cyclic N) is 1. The minimum atomic E-state index is 0.248. The highest BCUT2D eigenvalue weighted by atomic mass is 16.3. The molecule has 3 aromatic rings. The number of fused-ring (bicyclic) bond motifs is 1. The van der Waals surface area contributed by atoms with Gasteiger partial charge in [0.25, 0.3) is 0 Å². The first-order chi connectivity index (χ1) is 15.1. The van der Waals surface area contributed by atoms with Gasteiger partial charge in [-0.05, 0) is 68.8 Å². The predicted molar refractivity (Wildman–Crippen MR) is 125 cm³/mol. The quantitative estimate of drug-likeness (QED) is 0.632. The molecule has 2 N–H and O–H groups in total. The van der Waals surface area contributed by atoms with Crippen LogP contribution in [0, 0.1) is 12.8 Å². The van der Waals surface area contributed by atoms with Gasteiger partial charge in [-0.25, -0.2) is 9.97 Å². The van der Waals surface area contributed by atoms with Gasteiger partial charge in [0.05, 0.1) is 18.5 Å². The highest BCUT2D eigenvalue weighted by molar-refractivity contribution is 5.88. The standard InChI is InChI=1S/C25H31N5O/c1-17-26-16-23(29(17)2)20-5-6-21-15-27-24(14-22(21)13-20)28-25(18-3-4-18)19-7-9-30(10-8-19)11-12-31/h5-6,13-16,19,31H,3-4,7-12H2,1-2H3,(H,27,28). The molecule has 0 bridgehead atoms. The Kier molecular flexibility index (Phi) is 5.50. The van der Waals surface area contributed by atoms with Gasteiger partial charge in [-0.3, -0.25) is 0 Å². The minimum absolute atomic E-state index is 0.248. The van der Waals surface area contributed by atoms with Crippen LogP contribution in [-0.4, -0.2) is 50.8 Å². The molecule has 0 atom stereocenters. The number of pyridine rings is 1. The molecule has 31 heavy (non-hydrogen) atoms. The van der Waals surface area contributed by atoms with Crippen LogP contribution in [0.5, 0.6) is 0 Å². The maximum atomic E-state index is 9.21. The number of imidazole rings is 1. The first-order valence-electron chi connectivity index (χ1n) is 11.3. The van der Waals surface area contributed by atoms with Crippen LogP contribution in [0.25, 0.3) is 22.0 Å². The summed E-state index contributed by atoms with van der Waals surface area (Å²) in [4.78, 5) is 11.5. The molecule has 5 rings (SSSR count). The van der Waals surface area contributed by atoms with E-state index in [-0.39, 0.29) is 6.61 Å². The summed E-state index contributed by atoms with van der Waals surface area (Å²) in [6.45, 7) is 5.18. The molecule has 0 spiro atoms. The highest BCUT2D eigenvalue weighted by Gasteiger charge is 2.28. The first-order valence-corrected chi connectivity index (χ1v) is 11.3. The molecule has 1 saturated heterocycles. The number of hydrogen-bond acceptors (Lipinski definition) is 5. The summed E-state index contributed by atoms with van der Waals surface area (Å²) in [5, 5.41) is 15.2. The van der Waals surface area contributed by atoms with E-state index in [1.807, 2.05) is 19.3 Å². The smallest absolute Gasteiger partial charge is 0.130 e. The molecule has 0 unspecified atom stereocenters. The summed E-state index contributed by atoms with van der Waals surface area (Å²) in [6.07, 6.45) is 8.60. The SMILES string of the molecule is Cc1ncc(-c2ccc3cnc(NC(=C4CC4)C4CCN(CCO)CC4)cc3c2)n1C. The number of anilines is 1. The molecule has 0 radical (unpaired) electrons. The van der Waals surface area contributed by atoms with Crippen molar-refractivity contribution in [1.29, 1.82) is 0 Å². The van der Waals surface area contributed by atoms with Gasteiger partial charge < -0.3 is 19.9 Å². The van der Waals surface area contributed by atoms with E-state index < -0.39 is 0 Å². The molecule has 1 aliphatic heterocycles. The zero-order chi connectivity index (χ0) is 21.4.